The molecule has 10 aromatic carbocycles. The highest BCUT2D eigenvalue weighted by Crippen LogP contribution is 2.49. The molecular weight excluding hydrogens is 875 g/mol. The molecule has 4 heteroatoms. The second kappa shape index (κ2) is 16.8. The van der Waals surface area contributed by atoms with Crippen molar-refractivity contribution in [3.63, 3.8) is 0 Å². The molecule has 4 nitrogen and oxygen atoms in total. The van der Waals surface area contributed by atoms with Gasteiger partial charge in [-0.1, -0.05) is 148 Å². The van der Waals surface area contributed by atoms with Crippen LogP contribution in [0, 0.1) is 0 Å². The van der Waals surface area contributed by atoms with Crippen LogP contribution in [0.25, 0.3) is 81.6 Å². The molecule has 72 heavy (non-hydrogen) atoms. The number of hydrogen-bond acceptors (Lipinski definition) is 3. The van der Waals surface area contributed by atoms with E-state index in [2.05, 4.69) is 214 Å². The van der Waals surface area contributed by atoms with Gasteiger partial charge in [0.15, 0.2) is 0 Å². The third-order valence-corrected chi connectivity index (χ3v) is 16.8. The maximum atomic E-state index is 7.20. The van der Waals surface area contributed by atoms with Gasteiger partial charge < -0.3 is 14.2 Å². The summed E-state index contributed by atoms with van der Waals surface area (Å²) in [4.78, 5) is 4.86. The lowest BCUT2D eigenvalue weighted by atomic mass is 9.84. The van der Waals surface area contributed by atoms with E-state index in [1.54, 1.807) is 0 Å². The van der Waals surface area contributed by atoms with Crippen LogP contribution < -0.4 is 9.80 Å². The fraction of sp³-hybridized carbons (Fsp3) is 0.176. The lowest BCUT2D eigenvalue weighted by Gasteiger charge is -2.27. The smallest absolute Gasteiger partial charge is 0.213 e. The minimum atomic E-state index is 0.653. The topological polar surface area (TPSA) is 24.0 Å². The van der Waals surface area contributed by atoms with E-state index in [9.17, 15) is 0 Å². The Kier molecular flexibility index (Phi) is 9.71. The van der Waals surface area contributed by atoms with Crippen LogP contribution in [0.4, 0.5) is 34.1 Å². The van der Waals surface area contributed by atoms with Crippen LogP contribution in [0.1, 0.15) is 87.2 Å². The third kappa shape index (κ3) is 6.72. The van der Waals surface area contributed by atoms with Crippen LogP contribution in [0.5, 0.6) is 0 Å². The molecule has 15 rings (SSSR count). The Morgan fingerprint density at radius 1 is 0.347 bits per heavy atom. The zero-order chi connectivity index (χ0) is 47.3. The Balaban J connectivity index is 0.890. The van der Waals surface area contributed by atoms with Crippen molar-refractivity contribution in [2.45, 2.75) is 76.0 Å². The number of para-hydroxylation sites is 1. The Bertz CT molecular complexity index is 4190. The number of nitrogens with zero attached hydrogens (tertiary/aromatic N) is 3. The van der Waals surface area contributed by atoms with Gasteiger partial charge in [0.25, 0.3) is 0 Å². The van der Waals surface area contributed by atoms with Crippen molar-refractivity contribution in [2.75, 3.05) is 9.80 Å². The van der Waals surface area contributed by atoms with Gasteiger partial charge in [0.2, 0.25) is 5.71 Å². The molecular formula is C68H55N3O. The van der Waals surface area contributed by atoms with E-state index in [0.29, 0.717) is 11.8 Å². The van der Waals surface area contributed by atoms with E-state index in [1.165, 1.54) is 140 Å². The van der Waals surface area contributed by atoms with Crippen molar-refractivity contribution in [2.24, 2.45) is 0 Å². The van der Waals surface area contributed by atoms with Crippen LogP contribution >= 0.6 is 0 Å². The number of rotatable bonds is 8. The van der Waals surface area contributed by atoms with Gasteiger partial charge in [0.05, 0.1) is 16.4 Å². The minimum Gasteiger partial charge on any atom is -0.439 e. The summed E-state index contributed by atoms with van der Waals surface area (Å²) < 4.78 is 9.60. The van der Waals surface area contributed by atoms with Crippen molar-refractivity contribution in [3.8, 4) is 0 Å². The molecule has 0 aliphatic heterocycles. The molecule has 3 aromatic heterocycles. The fourth-order valence-electron chi connectivity index (χ4n) is 13.2. The molecule has 0 saturated heterocycles. The van der Waals surface area contributed by atoms with Gasteiger partial charge in [-0.3, -0.25) is 4.40 Å². The van der Waals surface area contributed by atoms with E-state index >= 15 is 0 Å². The van der Waals surface area contributed by atoms with Crippen LogP contribution in [-0.4, -0.2) is 4.40 Å². The largest absolute Gasteiger partial charge is 0.439 e. The second-order valence-corrected chi connectivity index (χ2v) is 21.0. The van der Waals surface area contributed by atoms with Gasteiger partial charge >= 0.3 is 0 Å². The first-order chi connectivity index (χ1) is 35.7. The Morgan fingerprint density at radius 2 is 0.833 bits per heavy atom. The van der Waals surface area contributed by atoms with Crippen molar-refractivity contribution >= 4 is 116 Å². The summed E-state index contributed by atoms with van der Waals surface area (Å²) in [5.41, 5.74) is 13.9. The molecule has 13 aromatic rings. The lowest BCUT2D eigenvalue weighted by molar-refractivity contribution is 0.443. The highest BCUT2D eigenvalue weighted by atomic mass is 16.3. The first kappa shape index (κ1) is 41.7. The normalized spacial score (nSPS) is 15.1. The van der Waals surface area contributed by atoms with Gasteiger partial charge in [-0.05, 0) is 166 Å². The van der Waals surface area contributed by atoms with E-state index in [0.717, 1.165) is 50.6 Å². The molecule has 0 bridgehead atoms. The molecule has 2 aliphatic rings. The second-order valence-electron chi connectivity index (χ2n) is 21.0. The molecule has 0 atom stereocenters. The van der Waals surface area contributed by atoms with E-state index in [-0.39, 0.29) is 0 Å². The van der Waals surface area contributed by atoms with Crippen LogP contribution in [-0.2, 0) is 0 Å². The standard InChI is InChI=1S/C68H55N3O/c1-3-13-44(14-4-1)48-23-30-53(31-24-48)69(55-34-27-46-17-7-9-19-50(46)39-55)57-36-29-52-41-62-66-60-38-37-58(43-64(60)72-68(66)71-63-22-12-11-21-59(63)65(67(62)71)61(52)42-57)70(56-35-28-47-18-8-10-20-51(47)40-56)54-32-25-49(26-33-54)45-15-5-2-6-16-45/h7-12,17-45H,1-6,13-16H2. The van der Waals surface area contributed by atoms with E-state index < -0.39 is 0 Å². The molecule has 2 fully saturated rings. The van der Waals surface area contributed by atoms with Crippen molar-refractivity contribution < 1.29 is 4.42 Å². The first-order valence-electron chi connectivity index (χ1n) is 26.5. The zero-order valence-electron chi connectivity index (χ0n) is 40.5. The molecule has 348 valence electrons. The monoisotopic (exact) mass is 929 g/mol. The maximum Gasteiger partial charge on any atom is 0.213 e. The summed E-state index contributed by atoms with van der Waals surface area (Å²) in [5, 5.41) is 13.4. The van der Waals surface area contributed by atoms with Crippen molar-refractivity contribution in [1.82, 2.24) is 4.40 Å². The summed E-state index contributed by atoms with van der Waals surface area (Å²) in [6, 6.07) is 75.2. The van der Waals surface area contributed by atoms with Crippen molar-refractivity contribution in [1.29, 1.82) is 0 Å². The number of aromatic nitrogens is 1. The summed E-state index contributed by atoms with van der Waals surface area (Å²) in [7, 11) is 0. The number of fused-ring (bicyclic) bond motifs is 12. The maximum absolute atomic E-state index is 7.20. The Labute approximate surface area is 419 Å². The van der Waals surface area contributed by atoms with Gasteiger partial charge in [-0.15, -0.1) is 0 Å². The number of benzene rings is 10. The van der Waals surface area contributed by atoms with E-state index in [1.807, 2.05) is 0 Å². The van der Waals surface area contributed by atoms with Gasteiger partial charge in [0, 0.05) is 61.7 Å². The quantitative estimate of drug-likeness (QED) is 0.152. The SMILES string of the molecule is c1ccc2cc(N(c3ccc(C4CCCCC4)cc3)c3ccc4c(c3)oc3c4c4cc5ccc(N(c6ccc(C7CCCCC7)cc6)c6ccc7ccccc7c6)cc5c5c6ccccc6n3c45)ccc2c1. The average molecular weight is 930 g/mol. The van der Waals surface area contributed by atoms with Gasteiger partial charge in [-0.25, -0.2) is 0 Å². The van der Waals surface area contributed by atoms with Gasteiger partial charge in [0.1, 0.15) is 5.58 Å². The molecule has 2 saturated carbocycles. The minimum absolute atomic E-state index is 0.653. The molecule has 0 spiro atoms. The highest BCUT2D eigenvalue weighted by molar-refractivity contribution is 6.34. The Morgan fingerprint density at radius 3 is 1.43 bits per heavy atom. The van der Waals surface area contributed by atoms with Gasteiger partial charge in [-0.2, -0.15) is 0 Å². The Hall–Kier alpha value is -8.08. The number of anilines is 6. The summed E-state index contributed by atoms with van der Waals surface area (Å²) in [6.07, 6.45) is 13.2. The summed E-state index contributed by atoms with van der Waals surface area (Å²) in [5.74, 6) is 1.31. The molecule has 0 amide bonds. The molecule has 2 aliphatic carbocycles. The van der Waals surface area contributed by atoms with Crippen molar-refractivity contribution in [3.05, 3.63) is 211 Å². The molecule has 3 heterocycles. The summed E-state index contributed by atoms with van der Waals surface area (Å²) in [6.45, 7) is 0. The first-order valence-corrected chi connectivity index (χ1v) is 26.5. The summed E-state index contributed by atoms with van der Waals surface area (Å²) >= 11 is 0. The van der Waals surface area contributed by atoms with Crippen LogP contribution in [0.3, 0.4) is 0 Å². The number of furan rings is 1. The lowest BCUT2D eigenvalue weighted by Crippen LogP contribution is -2.10. The van der Waals surface area contributed by atoms with Crippen LogP contribution in [0.15, 0.2) is 205 Å². The predicted octanol–water partition coefficient (Wildman–Crippen LogP) is 20.1. The zero-order valence-corrected chi connectivity index (χ0v) is 40.5. The van der Waals surface area contributed by atoms with E-state index in [4.69, 9.17) is 4.42 Å². The fourth-order valence-corrected chi connectivity index (χ4v) is 13.2. The molecule has 0 unspecified atom stereocenters. The third-order valence-electron chi connectivity index (χ3n) is 16.8. The predicted molar refractivity (Wildman–Crippen MR) is 304 cm³/mol. The van der Waals surface area contributed by atoms with Crippen LogP contribution in [0.2, 0.25) is 0 Å². The molecule has 0 radical (unpaired) electrons. The number of hydrogen-bond donors (Lipinski definition) is 0. The highest BCUT2D eigenvalue weighted by Gasteiger charge is 2.27. The molecule has 0 N–H and O–H groups in total. The average Bonchev–Trinajstić information content (AvgIpc) is 4.10.